The van der Waals surface area contributed by atoms with Crippen LogP contribution in [-0.2, 0) is 17.7 Å². The van der Waals surface area contributed by atoms with E-state index in [9.17, 15) is 4.79 Å². The molecule has 3 heterocycles. The maximum atomic E-state index is 12.8. The second-order valence-electron chi connectivity index (χ2n) is 8.58. The molecule has 2 aliphatic rings. The summed E-state index contributed by atoms with van der Waals surface area (Å²) >= 11 is 0. The van der Waals surface area contributed by atoms with Crippen molar-refractivity contribution in [2.24, 2.45) is 0 Å². The SMILES string of the molecule is Cc1c(Cc2ccccc2)c(=O)oc2c(C)c3c(cc12)C[NH+](C[C@@H]1CCCO1)CO3. The summed E-state index contributed by atoms with van der Waals surface area (Å²) in [5.41, 5.74) is 5.34. The fourth-order valence-corrected chi connectivity index (χ4v) is 4.82. The van der Waals surface area contributed by atoms with Crippen molar-refractivity contribution in [1.82, 2.24) is 0 Å². The number of benzene rings is 2. The summed E-state index contributed by atoms with van der Waals surface area (Å²) < 4.78 is 17.8. The lowest BCUT2D eigenvalue weighted by Crippen LogP contribution is -3.13. The Morgan fingerprint density at radius 3 is 2.73 bits per heavy atom. The third kappa shape index (κ3) is 3.53. The molecular weight excluding hydrogens is 378 g/mol. The molecule has 156 valence electrons. The van der Waals surface area contributed by atoms with E-state index < -0.39 is 0 Å². The van der Waals surface area contributed by atoms with Gasteiger partial charge in [0.25, 0.3) is 0 Å². The molecule has 2 aromatic carbocycles. The summed E-state index contributed by atoms with van der Waals surface area (Å²) in [5.74, 6) is 0.872. The molecule has 2 atom stereocenters. The zero-order valence-corrected chi connectivity index (χ0v) is 17.6. The second-order valence-corrected chi connectivity index (χ2v) is 8.58. The minimum Gasteiger partial charge on any atom is -0.444 e. The number of hydrogen-bond acceptors (Lipinski definition) is 4. The largest absolute Gasteiger partial charge is 0.444 e. The van der Waals surface area contributed by atoms with E-state index in [1.807, 2.05) is 44.2 Å². The Morgan fingerprint density at radius 2 is 1.97 bits per heavy atom. The highest BCUT2D eigenvalue weighted by molar-refractivity contribution is 5.87. The molecule has 1 unspecified atom stereocenters. The number of quaternary nitrogens is 1. The summed E-state index contributed by atoms with van der Waals surface area (Å²) in [5, 5.41) is 1.01. The highest BCUT2D eigenvalue weighted by Gasteiger charge is 2.29. The van der Waals surface area contributed by atoms with E-state index in [-0.39, 0.29) is 5.63 Å². The topological polar surface area (TPSA) is 53.1 Å². The Labute approximate surface area is 176 Å². The van der Waals surface area contributed by atoms with Crippen molar-refractivity contribution >= 4 is 11.0 Å². The molecule has 0 bridgehead atoms. The van der Waals surface area contributed by atoms with Crippen LogP contribution in [0.3, 0.4) is 0 Å². The zero-order chi connectivity index (χ0) is 20.7. The highest BCUT2D eigenvalue weighted by Crippen LogP contribution is 2.34. The molecule has 0 spiro atoms. The van der Waals surface area contributed by atoms with Gasteiger partial charge < -0.3 is 13.9 Å². The van der Waals surface area contributed by atoms with Crippen molar-refractivity contribution < 1.29 is 18.8 Å². The van der Waals surface area contributed by atoms with Crippen LogP contribution in [0.4, 0.5) is 0 Å². The third-order valence-electron chi connectivity index (χ3n) is 6.46. The van der Waals surface area contributed by atoms with Crippen LogP contribution in [-0.4, -0.2) is 26.0 Å². The first-order valence-electron chi connectivity index (χ1n) is 10.8. The second kappa shape index (κ2) is 7.89. The Hall–Kier alpha value is -2.63. The quantitative estimate of drug-likeness (QED) is 0.677. The lowest BCUT2D eigenvalue weighted by molar-refractivity contribution is -0.935. The molecule has 1 aromatic heterocycles. The molecule has 1 fully saturated rings. The fraction of sp³-hybridized carbons (Fsp3) is 0.400. The smallest absolute Gasteiger partial charge is 0.340 e. The molecule has 3 aromatic rings. The van der Waals surface area contributed by atoms with Gasteiger partial charge in [-0.1, -0.05) is 30.3 Å². The number of nitrogens with one attached hydrogen (secondary N) is 1. The summed E-state index contributed by atoms with van der Waals surface area (Å²) in [7, 11) is 0. The maximum Gasteiger partial charge on any atom is 0.340 e. The van der Waals surface area contributed by atoms with Gasteiger partial charge in [-0.15, -0.1) is 0 Å². The van der Waals surface area contributed by atoms with Crippen molar-refractivity contribution in [3.63, 3.8) is 0 Å². The Kier molecular flexibility index (Phi) is 5.09. The van der Waals surface area contributed by atoms with Crippen LogP contribution in [0.1, 0.15) is 40.7 Å². The van der Waals surface area contributed by atoms with E-state index in [0.29, 0.717) is 24.8 Å². The van der Waals surface area contributed by atoms with Crippen LogP contribution in [0.25, 0.3) is 11.0 Å². The molecule has 1 saturated heterocycles. The normalized spacial score (nSPS) is 20.9. The van der Waals surface area contributed by atoms with Crippen LogP contribution in [0.5, 0.6) is 5.75 Å². The van der Waals surface area contributed by atoms with Crippen molar-refractivity contribution in [1.29, 1.82) is 0 Å². The van der Waals surface area contributed by atoms with E-state index in [2.05, 4.69) is 6.07 Å². The van der Waals surface area contributed by atoms with E-state index in [1.165, 1.54) is 10.5 Å². The molecule has 0 amide bonds. The molecule has 1 N–H and O–H groups in total. The predicted molar refractivity (Wildman–Crippen MR) is 115 cm³/mol. The van der Waals surface area contributed by atoms with Crippen LogP contribution < -0.4 is 15.3 Å². The summed E-state index contributed by atoms with van der Waals surface area (Å²) in [6.07, 6.45) is 3.21. The number of aryl methyl sites for hydroxylation is 2. The van der Waals surface area contributed by atoms with Gasteiger partial charge in [0.15, 0.2) is 0 Å². The highest BCUT2D eigenvalue weighted by atomic mass is 16.5. The number of fused-ring (bicyclic) bond motifs is 2. The van der Waals surface area contributed by atoms with Gasteiger partial charge in [0, 0.05) is 35.1 Å². The lowest BCUT2D eigenvalue weighted by atomic mass is 9.96. The van der Waals surface area contributed by atoms with E-state index >= 15 is 0 Å². The molecule has 30 heavy (non-hydrogen) atoms. The molecule has 5 heteroatoms. The minimum absolute atomic E-state index is 0.256. The van der Waals surface area contributed by atoms with Gasteiger partial charge in [0.05, 0.1) is 0 Å². The van der Waals surface area contributed by atoms with E-state index in [4.69, 9.17) is 13.9 Å². The molecule has 0 aliphatic carbocycles. The van der Waals surface area contributed by atoms with Crippen molar-refractivity contribution in [2.45, 2.75) is 45.8 Å². The fourth-order valence-electron chi connectivity index (χ4n) is 4.82. The minimum atomic E-state index is -0.256. The van der Waals surface area contributed by atoms with Crippen LogP contribution in [0.15, 0.2) is 45.6 Å². The van der Waals surface area contributed by atoms with Gasteiger partial charge in [-0.2, -0.15) is 0 Å². The van der Waals surface area contributed by atoms with Crippen molar-refractivity contribution in [3.8, 4) is 5.75 Å². The number of ether oxygens (including phenoxy) is 2. The van der Waals surface area contributed by atoms with Gasteiger partial charge in [-0.25, -0.2) is 4.79 Å². The van der Waals surface area contributed by atoms with Crippen LogP contribution >= 0.6 is 0 Å². The average Bonchev–Trinajstić information content (AvgIpc) is 3.26. The van der Waals surface area contributed by atoms with Crippen molar-refractivity contribution in [2.75, 3.05) is 19.9 Å². The first-order chi connectivity index (χ1) is 14.6. The lowest BCUT2D eigenvalue weighted by Gasteiger charge is -2.29. The molecule has 5 nitrogen and oxygen atoms in total. The van der Waals surface area contributed by atoms with Gasteiger partial charge in [0.1, 0.15) is 30.5 Å². The van der Waals surface area contributed by atoms with Crippen LogP contribution in [0, 0.1) is 13.8 Å². The predicted octanol–water partition coefficient (Wildman–Crippen LogP) is 2.91. The van der Waals surface area contributed by atoms with Gasteiger partial charge in [0.2, 0.25) is 6.73 Å². The number of rotatable bonds is 4. The Morgan fingerprint density at radius 1 is 1.13 bits per heavy atom. The molecule has 5 rings (SSSR count). The van der Waals surface area contributed by atoms with Crippen LogP contribution in [0.2, 0.25) is 0 Å². The Bertz CT molecular complexity index is 1130. The monoisotopic (exact) mass is 406 g/mol. The summed E-state index contributed by atoms with van der Waals surface area (Å²) in [6, 6.07) is 12.2. The summed E-state index contributed by atoms with van der Waals surface area (Å²) in [4.78, 5) is 14.2. The van der Waals surface area contributed by atoms with Crippen molar-refractivity contribution in [3.05, 3.63) is 74.6 Å². The average molecular weight is 407 g/mol. The van der Waals surface area contributed by atoms with Gasteiger partial charge in [-0.3, -0.25) is 4.90 Å². The van der Waals surface area contributed by atoms with Gasteiger partial charge >= 0.3 is 5.63 Å². The third-order valence-corrected chi connectivity index (χ3v) is 6.46. The number of hydrogen-bond donors (Lipinski definition) is 1. The first-order valence-corrected chi connectivity index (χ1v) is 10.8. The molecule has 2 aliphatic heterocycles. The molecule has 0 radical (unpaired) electrons. The van der Waals surface area contributed by atoms with Gasteiger partial charge in [-0.05, 0) is 43.9 Å². The van der Waals surface area contributed by atoms with E-state index in [1.54, 1.807) is 0 Å². The maximum absolute atomic E-state index is 12.8. The Balaban J connectivity index is 1.52. The summed E-state index contributed by atoms with van der Waals surface area (Å²) in [6.45, 7) is 7.39. The molecular formula is C25H28NO4+. The van der Waals surface area contributed by atoms with E-state index in [0.717, 1.165) is 65.9 Å². The first kappa shape index (κ1) is 19.3. The zero-order valence-electron chi connectivity index (χ0n) is 17.6. The molecule has 0 saturated carbocycles. The standard InChI is InChI=1S/C25H27NO4/c1-16-21-12-19-13-26(14-20-9-6-10-28-20)15-29-23(19)17(2)24(21)30-25(27)22(16)11-18-7-4-3-5-8-18/h3-5,7-8,12,20H,6,9-11,13-15H2,1-2H3/p+1/t20-/m0/s1.